The number of hydrogen-bond donors (Lipinski definition) is 2. The summed E-state index contributed by atoms with van der Waals surface area (Å²) in [6, 6.07) is 4.53. The summed E-state index contributed by atoms with van der Waals surface area (Å²) in [6.45, 7) is 3.33. The summed E-state index contributed by atoms with van der Waals surface area (Å²) >= 11 is 0. The molecule has 0 radical (unpaired) electrons. The van der Waals surface area contributed by atoms with Crippen LogP contribution in [0.4, 0.5) is 4.39 Å². The lowest BCUT2D eigenvalue weighted by atomic mass is 9.98. The van der Waals surface area contributed by atoms with Crippen LogP contribution in [-0.2, 0) is 4.79 Å². The van der Waals surface area contributed by atoms with Crippen LogP contribution in [0, 0.1) is 5.82 Å². The number of nitrogens with two attached hydrogens (primary N) is 1. The minimum Gasteiger partial charge on any atom is -0.368 e. The third-order valence-corrected chi connectivity index (χ3v) is 4.19. The van der Waals surface area contributed by atoms with Crippen molar-refractivity contribution < 1.29 is 9.18 Å². The molecule has 21 heavy (non-hydrogen) atoms. The summed E-state index contributed by atoms with van der Waals surface area (Å²) in [5, 5.41) is 1.03. The minimum absolute atomic E-state index is 0.241. The molecular weight excluding hydrogens is 269 g/mol. The van der Waals surface area contributed by atoms with Crippen molar-refractivity contribution in [3.05, 3.63) is 41.9 Å². The van der Waals surface area contributed by atoms with E-state index in [1.54, 1.807) is 6.07 Å². The van der Waals surface area contributed by atoms with Gasteiger partial charge in [0.2, 0.25) is 5.91 Å². The number of amides is 1. The first kappa shape index (κ1) is 13.8. The molecule has 0 unspecified atom stereocenters. The van der Waals surface area contributed by atoms with Crippen LogP contribution < -0.4 is 5.73 Å². The molecule has 5 heteroatoms. The number of hydrogen-bond acceptors (Lipinski definition) is 2. The normalized spacial score (nSPS) is 17.7. The maximum atomic E-state index is 13.2. The predicted octanol–water partition coefficient (Wildman–Crippen LogP) is 2.27. The number of carbonyl (C=O) groups excluding carboxylic acids is 1. The lowest BCUT2D eigenvalue weighted by Gasteiger charge is -2.29. The number of aromatic nitrogens is 1. The van der Waals surface area contributed by atoms with Crippen LogP contribution >= 0.6 is 0 Å². The van der Waals surface area contributed by atoms with E-state index in [1.807, 2.05) is 13.1 Å². The third kappa shape index (κ3) is 2.56. The van der Waals surface area contributed by atoms with E-state index >= 15 is 0 Å². The van der Waals surface area contributed by atoms with Gasteiger partial charge in [-0.3, -0.25) is 9.69 Å². The Kier molecular flexibility index (Phi) is 3.51. The van der Waals surface area contributed by atoms with Crippen molar-refractivity contribution in [3.8, 4) is 0 Å². The maximum Gasteiger partial charge on any atom is 0.234 e. The molecule has 3 N–H and O–H groups in total. The molecule has 1 atom stereocenters. The molecular formula is C16H18FN3O. The first-order chi connectivity index (χ1) is 10.1. The Labute approximate surface area is 122 Å². The maximum absolute atomic E-state index is 13.2. The van der Waals surface area contributed by atoms with Gasteiger partial charge in [0.25, 0.3) is 0 Å². The monoisotopic (exact) mass is 287 g/mol. The number of nitrogens with one attached hydrogen (secondary N) is 1. The van der Waals surface area contributed by atoms with Crippen molar-refractivity contribution >= 4 is 22.4 Å². The molecule has 2 heterocycles. The summed E-state index contributed by atoms with van der Waals surface area (Å²) in [7, 11) is 0. The fourth-order valence-electron chi connectivity index (χ4n) is 2.83. The molecule has 0 fully saturated rings. The van der Waals surface area contributed by atoms with Gasteiger partial charge in [-0.05, 0) is 37.1 Å². The smallest absolute Gasteiger partial charge is 0.234 e. The van der Waals surface area contributed by atoms with Crippen molar-refractivity contribution in [2.75, 3.05) is 13.1 Å². The second kappa shape index (κ2) is 5.33. The van der Waals surface area contributed by atoms with E-state index in [1.165, 1.54) is 17.7 Å². The zero-order chi connectivity index (χ0) is 15.0. The molecule has 1 amide bonds. The Morgan fingerprint density at radius 3 is 2.95 bits per heavy atom. The Hall–Kier alpha value is -2.14. The van der Waals surface area contributed by atoms with Gasteiger partial charge in [0, 0.05) is 35.8 Å². The molecule has 1 aromatic carbocycles. The van der Waals surface area contributed by atoms with Crippen LogP contribution in [0.25, 0.3) is 16.5 Å². The van der Waals surface area contributed by atoms with Gasteiger partial charge in [-0.25, -0.2) is 4.39 Å². The van der Waals surface area contributed by atoms with Gasteiger partial charge in [-0.2, -0.15) is 0 Å². The first-order valence-corrected chi connectivity index (χ1v) is 7.05. The molecule has 4 nitrogen and oxygen atoms in total. The van der Waals surface area contributed by atoms with Crippen LogP contribution in [0.2, 0.25) is 0 Å². The van der Waals surface area contributed by atoms with E-state index in [2.05, 4.69) is 16.0 Å². The molecule has 0 spiro atoms. The summed E-state index contributed by atoms with van der Waals surface area (Å²) in [5.41, 5.74) is 8.48. The Bertz CT molecular complexity index is 719. The lowest BCUT2D eigenvalue weighted by Crippen LogP contribution is -2.44. The quantitative estimate of drug-likeness (QED) is 0.909. The fraction of sp³-hybridized carbons (Fsp3) is 0.312. The second-order valence-electron chi connectivity index (χ2n) is 5.44. The number of fused-ring (bicyclic) bond motifs is 1. The average molecular weight is 287 g/mol. The molecule has 1 aliphatic heterocycles. The van der Waals surface area contributed by atoms with Crippen LogP contribution in [0.3, 0.4) is 0 Å². The average Bonchev–Trinajstić information content (AvgIpc) is 2.89. The first-order valence-electron chi connectivity index (χ1n) is 7.05. The van der Waals surface area contributed by atoms with Crippen LogP contribution in [-0.4, -0.2) is 34.9 Å². The van der Waals surface area contributed by atoms with Gasteiger partial charge in [-0.1, -0.05) is 6.08 Å². The molecule has 1 aromatic heterocycles. The lowest BCUT2D eigenvalue weighted by molar-refractivity contribution is -0.122. The number of benzene rings is 1. The number of H-pyrrole nitrogens is 1. The summed E-state index contributed by atoms with van der Waals surface area (Å²) in [4.78, 5) is 16.4. The molecule has 0 bridgehead atoms. The standard InChI is InChI=1S/C16H18FN3O/c1-10(16(18)21)20-6-4-11(5-7-20)14-9-19-15-8-12(17)2-3-13(14)15/h2-4,8-10,19H,5-7H2,1H3,(H2,18,21)/t10-/m1/s1. The highest BCUT2D eigenvalue weighted by Gasteiger charge is 2.22. The van der Waals surface area contributed by atoms with Crippen molar-refractivity contribution in [1.82, 2.24) is 9.88 Å². The Morgan fingerprint density at radius 1 is 1.48 bits per heavy atom. The largest absolute Gasteiger partial charge is 0.368 e. The SMILES string of the molecule is C[C@H](C(N)=O)N1CC=C(c2c[nH]c3cc(F)ccc23)CC1. The highest BCUT2D eigenvalue weighted by Crippen LogP contribution is 2.29. The molecule has 0 aliphatic carbocycles. The van der Waals surface area contributed by atoms with Crippen molar-refractivity contribution in [3.63, 3.8) is 0 Å². The number of nitrogens with zero attached hydrogens (tertiary/aromatic N) is 1. The van der Waals surface area contributed by atoms with Gasteiger partial charge in [0.05, 0.1) is 6.04 Å². The summed E-state index contributed by atoms with van der Waals surface area (Å²) in [6.07, 6.45) is 4.89. The zero-order valence-corrected chi connectivity index (χ0v) is 11.9. The Morgan fingerprint density at radius 2 is 2.29 bits per heavy atom. The van der Waals surface area contributed by atoms with Crippen molar-refractivity contribution in [2.24, 2.45) is 5.73 Å². The highest BCUT2D eigenvalue weighted by atomic mass is 19.1. The third-order valence-electron chi connectivity index (χ3n) is 4.19. The van der Waals surface area contributed by atoms with Gasteiger partial charge < -0.3 is 10.7 Å². The molecule has 3 rings (SSSR count). The highest BCUT2D eigenvalue weighted by molar-refractivity contribution is 5.92. The minimum atomic E-state index is -0.297. The number of aromatic amines is 1. The van der Waals surface area contributed by atoms with E-state index in [-0.39, 0.29) is 17.8 Å². The summed E-state index contributed by atoms with van der Waals surface area (Å²) < 4.78 is 13.2. The van der Waals surface area contributed by atoms with E-state index in [0.29, 0.717) is 6.54 Å². The molecule has 0 saturated heterocycles. The van der Waals surface area contributed by atoms with Gasteiger partial charge in [-0.15, -0.1) is 0 Å². The van der Waals surface area contributed by atoms with E-state index < -0.39 is 0 Å². The number of primary amides is 1. The van der Waals surface area contributed by atoms with Crippen molar-refractivity contribution in [2.45, 2.75) is 19.4 Å². The van der Waals surface area contributed by atoms with Gasteiger partial charge >= 0.3 is 0 Å². The molecule has 110 valence electrons. The zero-order valence-electron chi connectivity index (χ0n) is 11.9. The van der Waals surface area contributed by atoms with Gasteiger partial charge in [0.15, 0.2) is 0 Å². The predicted molar refractivity (Wildman–Crippen MR) is 81.1 cm³/mol. The van der Waals surface area contributed by atoms with E-state index in [9.17, 15) is 9.18 Å². The fourth-order valence-corrected chi connectivity index (χ4v) is 2.83. The number of rotatable bonds is 3. The van der Waals surface area contributed by atoms with Crippen molar-refractivity contribution in [1.29, 1.82) is 0 Å². The Balaban J connectivity index is 1.86. The van der Waals surface area contributed by atoms with Crippen LogP contribution in [0.1, 0.15) is 18.9 Å². The second-order valence-corrected chi connectivity index (χ2v) is 5.44. The van der Waals surface area contributed by atoms with Crippen LogP contribution in [0.15, 0.2) is 30.5 Å². The topological polar surface area (TPSA) is 62.1 Å². The summed E-state index contributed by atoms with van der Waals surface area (Å²) in [5.74, 6) is -0.538. The van der Waals surface area contributed by atoms with E-state index in [0.717, 1.165) is 29.4 Å². The van der Waals surface area contributed by atoms with Gasteiger partial charge in [0.1, 0.15) is 5.82 Å². The molecule has 0 saturated carbocycles. The molecule has 1 aliphatic rings. The van der Waals surface area contributed by atoms with Crippen LogP contribution in [0.5, 0.6) is 0 Å². The number of carbonyl (C=O) groups is 1. The molecule has 2 aromatic rings. The number of halogens is 1. The van der Waals surface area contributed by atoms with E-state index in [4.69, 9.17) is 5.73 Å².